The zero-order valence-electron chi connectivity index (χ0n) is 18.8. The maximum atomic E-state index is 13.0. The molecule has 0 unspecified atom stereocenters. The van der Waals surface area contributed by atoms with E-state index < -0.39 is 11.6 Å². The highest BCUT2D eigenvalue weighted by atomic mass is 16.5. The van der Waals surface area contributed by atoms with Gasteiger partial charge in [0.1, 0.15) is 18.6 Å². The molecule has 0 aliphatic heterocycles. The molecule has 0 saturated carbocycles. The molecule has 0 saturated heterocycles. The third-order valence-corrected chi connectivity index (χ3v) is 5.24. The summed E-state index contributed by atoms with van der Waals surface area (Å²) in [7, 11) is 1.23. The standard InChI is InChI=1S/C28H24O6/c1-3-10-21-15-22-16-23(27(29)31-2)34-28(30)24(22)26(33-18-20-13-8-5-9-14-20)25(21)32-17-19-11-6-4-7-12-19/h3-9,11-16H,1,10,17-18H2,2H3. The van der Waals surface area contributed by atoms with Crippen molar-refractivity contribution in [1.82, 2.24) is 0 Å². The molecule has 172 valence electrons. The lowest BCUT2D eigenvalue weighted by Crippen LogP contribution is -2.12. The summed E-state index contributed by atoms with van der Waals surface area (Å²) in [5.74, 6) is -0.221. The van der Waals surface area contributed by atoms with Crippen molar-refractivity contribution in [2.24, 2.45) is 0 Å². The first-order chi connectivity index (χ1) is 16.6. The van der Waals surface area contributed by atoms with Crippen molar-refractivity contribution in [3.8, 4) is 11.5 Å². The monoisotopic (exact) mass is 456 g/mol. The van der Waals surface area contributed by atoms with Crippen molar-refractivity contribution in [1.29, 1.82) is 0 Å². The van der Waals surface area contributed by atoms with Gasteiger partial charge in [-0.2, -0.15) is 0 Å². The highest BCUT2D eigenvalue weighted by Crippen LogP contribution is 2.39. The Kier molecular flexibility index (Phi) is 7.08. The van der Waals surface area contributed by atoms with Crippen molar-refractivity contribution in [3.05, 3.63) is 118 Å². The zero-order valence-corrected chi connectivity index (χ0v) is 18.8. The van der Waals surface area contributed by atoms with Gasteiger partial charge >= 0.3 is 11.6 Å². The second-order valence-electron chi connectivity index (χ2n) is 7.59. The Morgan fingerprint density at radius 3 is 2.06 bits per heavy atom. The smallest absolute Gasteiger partial charge is 0.374 e. The molecule has 0 spiro atoms. The van der Waals surface area contributed by atoms with E-state index in [0.29, 0.717) is 17.6 Å². The van der Waals surface area contributed by atoms with E-state index in [4.69, 9.17) is 18.6 Å². The molecular weight excluding hydrogens is 432 g/mol. The highest BCUT2D eigenvalue weighted by molar-refractivity contribution is 5.96. The van der Waals surface area contributed by atoms with Gasteiger partial charge in [-0.25, -0.2) is 9.59 Å². The van der Waals surface area contributed by atoms with Gasteiger partial charge in [0.25, 0.3) is 0 Å². The number of benzene rings is 3. The summed E-state index contributed by atoms with van der Waals surface area (Å²) in [4.78, 5) is 25.0. The minimum Gasteiger partial charge on any atom is -0.485 e. The van der Waals surface area contributed by atoms with Crippen LogP contribution in [0.3, 0.4) is 0 Å². The summed E-state index contributed by atoms with van der Waals surface area (Å²) in [5, 5.41) is 0.683. The van der Waals surface area contributed by atoms with E-state index in [0.717, 1.165) is 16.7 Å². The Balaban J connectivity index is 1.86. The van der Waals surface area contributed by atoms with Crippen LogP contribution >= 0.6 is 0 Å². The van der Waals surface area contributed by atoms with E-state index in [1.165, 1.54) is 13.2 Å². The molecule has 0 radical (unpaired) electrons. The Morgan fingerprint density at radius 1 is 0.912 bits per heavy atom. The van der Waals surface area contributed by atoms with E-state index in [1.54, 1.807) is 12.1 Å². The summed E-state index contributed by atoms with van der Waals surface area (Å²) in [6.45, 7) is 4.34. The van der Waals surface area contributed by atoms with Crippen LogP contribution in [0.15, 0.2) is 94.7 Å². The average Bonchev–Trinajstić information content (AvgIpc) is 2.87. The summed E-state index contributed by atoms with van der Waals surface area (Å²) >= 11 is 0. The van der Waals surface area contributed by atoms with Crippen LogP contribution in [-0.2, 0) is 24.4 Å². The minimum atomic E-state index is -0.736. The number of hydrogen-bond acceptors (Lipinski definition) is 6. The molecule has 0 N–H and O–H groups in total. The van der Waals surface area contributed by atoms with Crippen LogP contribution in [0, 0.1) is 0 Å². The van der Waals surface area contributed by atoms with Crippen LogP contribution in [0.25, 0.3) is 10.8 Å². The third kappa shape index (κ3) is 5.02. The number of hydrogen-bond donors (Lipinski definition) is 0. The predicted molar refractivity (Wildman–Crippen MR) is 129 cm³/mol. The van der Waals surface area contributed by atoms with Crippen LogP contribution < -0.4 is 15.1 Å². The van der Waals surface area contributed by atoms with Gasteiger partial charge in [0, 0.05) is 5.56 Å². The van der Waals surface area contributed by atoms with Gasteiger partial charge in [-0.3, -0.25) is 0 Å². The number of carbonyl (C=O) groups is 1. The first-order valence-corrected chi connectivity index (χ1v) is 10.8. The van der Waals surface area contributed by atoms with Crippen LogP contribution in [0.2, 0.25) is 0 Å². The Morgan fingerprint density at radius 2 is 1.50 bits per heavy atom. The number of carbonyl (C=O) groups excluding carboxylic acids is 1. The molecule has 0 fully saturated rings. The predicted octanol–water partition coefficient (Wildman–Crippen LogP) is 5.47. The molecule has 3 aromatic carbocycles. The topological polar surface area (TPSA) is 75.0 Å². The van der Waals surface area contributed by atoms with Gasteiger partial charge in [0.05, 0.1) is 7.11 Å². The van der Waals surface area contributed by atoms with Gasteiger partial charge in [-0.15, -0.1) is 6.58 Å². The Hall–Kier alpha value is -4.32. The number of rotatable bonds is 9. The molecule has 0 aliphatic rings. The summed E-state index contributed by atoms with van der Waals surface area (Å²) in [6, 6.07) is 22.6. The van der Waals surface area contributed by atoms with Gasteiger partial charge < -0.3 is 18.6 Å². The lowest BCUT2D eigenvalue weighted by Gasteiger charge is -2.18. The zero-order chi connectivity index (χ0) is 23.9. The second-order valence-corrected chi connectivity index (χ2v) is 7.59. The quantitative estimate of drug-likeness (QED) is 0.246. The summed E-state index contributed by atoms with van der Waals surface area (Å²) in [6.07, 6.45) is 2.21. The Labute approximate surface area is 197 Å². The van der Waals surface area contributed by atoms with E-state index in [1.807, 2.05) is 60.7 Å². The normalized spacial score (nSPS) is 10.6. The molecule has 0 amide bonds. The fraction of sp³-hybridized carbons (Fsp3) is 0.143. The molecular formula is C28H24O6. The van der Waals surface area contributed by atoms with Crippen molar-refractivity contribution in [2.75, 3.05) is 7.11 Å². The van der Waals surface area contributed by atoms with Gasteiger partial charge in [-0.1, -0.05) is 66.7 Å². The van der Waals surface area contributed by atoms with Crippen molar-refractivity contribution in [3.63, 3.8) is 0 Å². The van der Waals surface area contributed by atoms with Gasteiger partial charge in [0.2, 0.25) is 5.76 Å². The summed E-state index contributed by atoms with van der Waals surface area (Å²) < 4.78 is 22.4. The van der Waals surface area contributed by atoms with Gasteiger partial charge in [-0.05, 0) is 35.1 Å². The minimum absolute atomic E-state index is 0.184. The van der Waals surface area contributed by atoms with Crippen LogP contribution in [0.4, 0.5) is 0 Å². The van der Waals surface area contributed by atoms with Crippen LogP contribution in [0.5, 0.6) is 11.5 Å². The van der Waals surface area contributed by atoms with E-state index in [2.05, 4.69) is 6.58 Å². The lowest BCUT2D eigenvalue weighted by molar-refractivity contribution is 0.0560. The largest absolute Gasteiger partial charge is 0.485 e. The number of allylic oxidation sites excluding steroid dienone is 1. The molecule has 4 rings (SSSR count). The molecule has 4 aromatic rings. The maximum absolute atomic E-state index is 13.0. The Bertz CT molecular complexity index is 1360. The summed E-state index contributed by atoms with van der Waals surface area (Å²) in [5.41, 5.74) is 1.95. The molecule has 1 heterocycles. The van der Waals surface area contributed by atoms with Crippen molar-refractivity contribution in [2.45, 2.75) is 19.6 Å². The number of methoxy groups -OCH3 is 1. The molecule has 6 nitrogen and oxygen atoms in total. The molecule has 0 atom stereocenters. The van der Waals surface area contributed by atoms with Crippen molar-refractivity contribution < 1.29 is 23.4 Å². The highest BCUT2D eigenvalue weighted by Gasteiger charge is 2.22. The number of fused-ring (bicyclic) bond motifs is 1. The number of esters is 1. The maximum Gasteiger partial charge on any atom is 0.374 e. The SMILES string of the molecule is C=CCc1cc2cc(C(=O)OC)oc(=O)c2c(OCc2ccccc2)c1OCc1ccccc1. The van der Waals surface area contributed by atoms with E-state index in [9.17, 15) is 9.59 Å². The van der Waals surface area contributed by atoms with Crippen molar-refractivity contribution >= 4 is 16.7 Å². The number of ether oxygens (including phenoxy) is 3. The molecule has 1 aromatic heterocycles. The second kappa shape index (κ2) is 10.5. The van der Waals surface area contributed by atoms with Gasteiger partial charge in [0.15, 0.2) is 11.5 Å². The fourth-order valence-electron chi connectivity index (χ4n) is 3.63. The first-order valence-electron chi connectivity index (χ1n) is 10.8. The molecule has 0 bridgehead atoms. The molecule has 0 aliphatic carbocycles. The average molecular weight is 456 g/mol. The van der Waals surface area contributed by atoms with E-state index in [-0.39, 0.29) is 30.1 Å². The van der Waals surface area contributed by atoms with E-state index >= 15 is 0 Å². The molecule has 6 heteroatoms. The lowest BCUT2D eigenvalue weighted by atomic mass is 10.0. The molecule has 34 heavy (non-hydrogen) atoms. The van der Waals surface area contributed by atoms with Crippen LogP contribution in [-0.4, -0.2) is 13.1 Å². The van der Waals surface area contributed by atoms with Crippen LogP contribution in [0.1, 0.15) is 27.2 Å². The third-order valence-electron chi connectivity index (χ3n) is 5.24. The fourth-order valence-corrected chi connectivity index (χ4v) is 3.63. The first kappa shape index (κ1) is 22.9.